The molecule has 0 heterocycles. The van der Waals surface area contributed by atoms with E-state index in [4.69, 9.17) is 25.4 Å². The summed E-state index contributed by atoms with van der Waals surface area (Å²) in [7, 11) is 2.75. The van der Waals surface area contributed by atoms with Crippen molar-refractivity contribution in [2.75, 3.05) is 24.9 Å². The van der Waals surface area contributed by atoms with Gasteiger partial charge in [-0.2, -0.15) is 0 Å². The zero-order valence-electron chi connectivity index (χ0n) is 23.3. The summed E-state index contributed by atoms with van der Waals surface area (Å²) >= 11 is 0. The predicted octanol–water partition coefficient (Wildman–Crippen LogP) is 5.21. The van der Waals surface area contributed by atoms with E-state index in [0.717, 1.165) is 11.1 Å². The number of hydrogen-bond acceptors (Lipinski definition) is 7. The van der Waals surface area contributed by atoms with Crippen LogP contribution in [-0.4, -0.2) is 32.1 Å². The summed E-state index contributed by atoms with van der Waals surface area (Å²) in [5.74, 6) is 0.304. The van der Waals surface area contributed by atoms with Gasteiger partial charge < -0.3 is 30.6 Å². The maximum Gasteiger partial charge on any atom is 0.411 e. The second-order valence-electron chi connectivity index (χ2n) is 9.25. The monoisotopic (exact) mass is 567 g/mol. The zero-order valence-corrected chi connectivity index (χ0v) is 23.3. The van der Waals surface area contributed by atoms with Gasteiger partial charge in [0.1, 0.15) is 18.5 Å². The van der Waals surface area contributed by atoms with Crippen molar-refractivity contribution in [2.24, 2.45) is 5.73 Å². The topological polar surface area (TPSA) is 148 Å². The molecule has 0 aliphatic heterocycles. The molecule has 1 unspecified atom stereocenters. The molecule has 10 nitrogen and oxygen atoms in total. The number of benzene rings is 4. The van der Waals surface area contributed by atoms with Crippen molar-refractivity contribution in [3.8, 4) is 11.5 Å². The summed E-state index contributed by atoms with van der Waals surface area (Å²) < 4.78 is 16.6. The number of nitrogens with one attached hydrogen (secondary N) is 4. The summed E-state index contributed by atoms with van der Waals surface area (Å²) in [6.07, 6.45) is -0.718. The molecule has 0 saturated heterocycles. The molecule has 1 atom stereocenters. The van der Waals surface area contributed by atoms with Gasteiger partial charge in [0.25, 0.3) is 0 Å². The third kappa shape index (κ3) is 7.79. The second kappa shape index (κ2) is 14.2. The average Bonchev–Trinajstić information content (AvgIpc) is 3.02. The fourth-order valence-electron chi connectivity index (χ4n) is 4.18. The lowest BCUT2D eigenvalue weighted by Crippen LogP contribution is -2.34. The Morgan fingerprint density at radius 3 is 2.10 bits per heavy atom. The standard InChI is InChI=1S/C32H33N5O5/c1-40-27-17-25(26(37-32(39)41-2)18-28(27)42-20-22-11-7-4-8-12-22)29(31(38)35-19-21-9-5-3-6-10-21)36-24-15-13-23(14-16-24)30(33)34/h3-18,29,36H,19-20H2,1-2H3,(H3,33,34)(H,35,38)(H,37,39). The molecule has 0 fully saturated rings. The van der Waals surface area contributed by atoms with Gasteiger partial charge >= 0.3 is 6.09 Å². The smallest absolute Gasteiger partial charge is 0.411 e. The number of carbonyl (C=O) groups is 2. The van der Waals surface area contributed by atoms with Gasteiger partial charge in [0.05, 0.1) is 19.9 Å². The Bertz CT molecular complexity index is 1510. The van der Waals surface area contributed by atoms with Gasteiger partial charge in [-0.25, -0.2) is 4.79 Å². The molecule has 216 valence electrons. The molecule has 0 spiro atoms. The molecule has 4 aromatic rings. The fraction of sp³-hybridized carbons (Fsp3) is 0.156. The Morgan fingerprint density at radius 2 is 1.50 bits per heavy atom. The Kier molecular flexibility index (Phi) is 9.98. The number of amidine groups is 1. The van der Waals surface area contributed by atoms with E-state index in [1.54, 1.807) is 36.4 Å². The van der Waals surface area contributed by atoms with Crippen LogP contribution < -0.4 is 31.2 Å². The Balaban J connectivity index is 1.73. The highest BCUT2D eigenvalue weighted by Crippen LogP contribution is 2.38. The number of ether oxygens (including phenoxy) is 3. The molecule has 0 radical (unpaired) electrons. The van der Waals surface area contributed by atoms with Crippen molar-refractivity contribution in [1.29, 1.82) is 5.41 Å². The first kappa shape index (κ1) is 29.5. The van der Waals surface area contributed by atoms with Gasteiger partial charge in [-0.05, 0) is 41.5 Å². The van der Waals surface area contributed by atoms with Crippen LogP contribution in [0, 0.1) is 5.41 Å². The maximum absolute atomic E-state index is 13.8. The number of amides is 2. The average molecular weight is 568 g/mol. The van der Waals surface area contributed by atoms with Crippen molar-refractivity contribution in [3.63, 3.8) is 0 Å². The Morgan fingerprint density at radius 1 is 0.857 bits per heavy atom. The number of nitrogen functional groups attached to an aromatic ring is 1. The third-order valence-corrected chi connectivity index (χ3v) is 6.38. The van der Waals surface area contributed by atoms with Crippen molar-refractivity contribution in [3.05, 3.63) is 119 Å². The van der Waals surface area contributed by atoms with E-state index in [9.17, 15) is 9.59 Å². The lowest BCUT2D eigenvalue weighted by Gasteiger charge is -2.24. The number of anilines is 2. The van der Waals surface area contributed by atoms with E-state index < -0.39 is 12.1 Å². The normalized spacial score (nSPS) is 11.1. The lowest BCUT2D eigenvalue weighted by molar-refractivity contribution is -0.122. The first-order chi connectivity index (χ1) is 20.4. The molecule has 0 aromatic heterocycles. The van der Waals surface area contributed by atoms with E-state index in [1.165, 1.54) is 14.2 Å². The van der Waals surface area contributed by atoms with Crippen LogP contribution in [0.25, 0.3) is 0 Å². The summed E-state index contributed by atoms with van der Waals surface area (Å²) in [6.45, 7) is 0.548. The van der Waals surface area contributed by atoms with Crippen molar-refractivity contribution in [1.82, 2.24) is 5.32 Å². The molecule has 0 saturated carbocycles. The molecule has 0 aliphatic rings. The predicted molar refractivity (Wildman–Crippen MR) is 162 cm³/mol. The highest BCUT2D eigenvalue weighted by Gasteiger charge is 2.27. The van der Waals surface area contributed by atoms with Crippen LogP contribution in [0.4, 0.5) is 16.2 Å². The number of nitrogens with two attached hydrogens (primary N) is 1. The van der Waals surface area contributed by atoms with Crippen LogP contribution in [0.2, 0.25) is 0 Å². The van der Waals surface area contributed by atoms with Crippen molar-refractivity contribution in [2.45, 2.75) is 19.2 Å². The molecule has 0 aliphatic carbocycles. The van der Waals surface area contributed by atoms with Gasteiger partial charge in [0.2, 0.25) is 5.91 Å². The van der Waals surface area contributed by atoms with E-state index in [0.29, 0.717) is 34.0 Å². The minimum absolute atomic E-state index is 0.0703. The van der Waals surface area contributed by atoms with Crippen LogP contribution >= 0.6 is 0 Å². The zero-order chi connectivity index (χ0) is 29.9. The van der Waals surface area contributed by atoms with Crippen LogP contribution in [0.5, 0.6) is 11.5 Å². The lowest BCUT2D eigenvalue weighted by atomic mass is 10.0. The molecule has 0 bridgehead atoms. The van der Waals surface area contributed by atoms with E-state index in [-0.39, 0.29) is 24.9 Å². The number of carbonyl (C=O) groups excluding carboxylic acids is 2. The Labute approximate surface area is 244 Å². The second-order valence-corrected chi connectivity index (χ2v) is 9.25. The molecule has 4 rings (SSSR count). The molecule has 6 N–H and O–H groups in total. The van der Waals surface area contributed by atoms with Gasteiger partial charge in [-0.15, -0.1) is 0 Å². The summed E-state index contributed by atoms with van der Waals surface area (Å²) in [6, 6.07) is 28.2. The van der Waals surface area contributed by atoms with Gasteiger partial charge in [0.15, 0.2) is 11.5 Å². The molecular weight excluding hydrogens is 534 g/mol. The number of hydrogen-bond donors (Lipinski definition) is 5. The first-order valence-electron chi connectivity index (χ1n) is 13.1. The van der Waals surface area contributed by atoms with Gasteiger partial charge in [-0.1, -0.05) is 60.7 Å². The van der Waals surface area contributed by atoms with E-state index in [1.807, 2.05) is 60.7 Å². The molecule has 10 heteroatoms. The number of methoxy groups -OCH3 is 2. The molecule has 42 heavy (non-hydrogen) atoms. The SMILES string of the molecule is COC(=O)Nc1cc(OCc2ccccc2)c(OC)cc1C(Nc1ccc(C(=N)N)cc1)C(=O)NCc1ccccc1. The maximum atomic E-state index is 13.8. The van der Waals surface area contributed by atoms with Crippen LogP contribution in [0.3, 0.4) is 0 Å². The van der Waals surface area contributed by atoms with Crippen LogP contribution in [0.15, 0.2) is 97.1 Å². The quantitative estimate of drug-likeness (QED) is 0.117. The largest absolute Gasteiger partial charge is 0.493 e. The summed E-state index contributed by atoms with van der Waals surface area (Å²) in [5, 5.41) is 16.6. The highest BCUT2D eigenvalue weighted by atomic mass is 16.5. The number of rotatable bonds is 12. The molecule has 2 amide bonds. The molecule has 4 aromatic carbocycles. The Hall–Kier alpha value is -5.51. The van der Waals surface area contributed by atoms with Crippen molar-refractivity contribution >= 4 is 29.2 Å². The highest BCUT2D eigenvalue weighted by molar-refractivity contribution is 5.95. The summed E-state index contributed by atoms with van der Waals surface area (Å²) in [5.41, 5.74) is 9.30. The van der Waals surface area contributed by atoms with Crippen LogP contribution in [0.1, 0.15) is 28.3 Å². The van der Waals surface area contributed by atoms with Gasteiger partial charge in [-0.3, -0.25) is 15.5 Å². The summed E-state index contributed by atoms with van der Waals surface area (Å²) in [4.78, 5) is 26.1. The third-order valence-electron chi connectivity index (χ3n) is 6.38. The molecular formula is C32H33N5O5. The van der Waals surface area contributed by atoms with E-state index in [2.05, 4.69) is 16.0 Å². The fourth-order valence-corrected chi connectivity index (χ4v) is 4.18. The van der Waals surface area contributed by atoms with E-state index >= 15 is 0 Å². The minimum atomic E-state index is -0.985. The minimum Gasteiger partial charge on any atom is -0.493 e. The van der Waals surface area contributed by atoms with Crippen molar-refractivity contribution < 1.29 is 23.8 Å². The first-order valence-corrected chi connectivity index (χ1v) is 13.1. The van der Waals surface area contributed by atoms with Crippen LogP contribution in [-0.2, 0) is 22.7 Å². The van der Waals surface area contributed by atoms with Gasteiger partial charge in [0, 0.05) is 29.4 Å².